The van der Waals surface area contributed by atoms with Crippen LogP contribution in [-0.4, -0.2) is 51.7 Å². The predicted molar refractivity (Wildman–Crippen MR) is 58.3 cm³/mol. The van der Waals surface area contributed by atoms with Gasteiger partial charge < -0.3 is 20.3 Å². The first-order valence-corrected chi connectivity index (χ1v) is 5.33. The van der Waals surface area contributed by atoms with E-state index in [9.17, 15) is 14.9 Å². The summed E-state index contributed by atoms with van der Waals surface area (Å²) in [7, 11) is 0. The number of nitrogens with zero attached hydrogens (tertiary/aromatic N) is 4. The minimum Gasteiger partial charge on any atom is -0.358 e. The Labute approximate surface area is 97.3 Å². The number of carbonyl (C=O) groups excluding carboxylic acids is 1. The lowest BCUT2D eigenvalue weighted by Gasteiger charge is -2.26. The van der Waals surface area contributed by atoms with Crippen LogP contribution in [0.2, 0.25) is 0 Å². The van der Waals surface area contributed by atoms with Crippen LogP contribution in [0.4, 0.5) is 5.82 Å². The Morgan fingerprint density at radius 2 is 2.24 bits per heavy atom. The minimum atomic E-state index is -0.578. The normalized spacial score (nSPS) is 15.9. The van der Waals surface area contributed by atoms with Crippen LogP contribution in [0, 0.1) is 10.1 Å². The van der Waals surface area contributed by atoms with Gasteiger partial charge in [-0.05, 0) is 4.92 Å². The van der Waals surface area contributed by atoms with Crippen molar-refractivity contribution >= 4 is 11.7 Å². The largest absolute Gasteiger partial charge is 0.389 e. The number of hydrogen-bond donors (Lipinski definition) is 1. The van der Waals surface area contributed by atoms with Gasteiger partial charge in [-0.15, -0.1) is 0 Å². The van der Waals surface area contributed by atoms with Gasteiger partial charge in [0, 0.05) is 26.2 Å². The van der Waals surface area contributed by atoms with Crippen molar-refractivity contribution in [1.82, 2.24) is 20.0 Å². The van der Waals surface area contributed by atoms with Crippen LogP contribution < -0.4 is 5.32 Å². The molecule has 0 radical (unpaired) electrons. The molecule has 1 saturated heterocycles. The quantitative estimate of drug-likeness (QED) is 0.552. The van der Waals surface area contributed by atoms with Crippen LogP contribution in [0.3, 0.4) is 0 Å². The molecule has 0 unspecified atom stereocenters. The molecule has 0 aromatic carbocycles. The van der Waals surface area contributed by atoms with Gasteiger partial charge in [-0.2, -0.15) is 4.68 Å². The van der Waals surface area contributed by atoms with Gasteiger partial charge in [0.1, 0.15) is 6.54 Å². The summed E-state index contributed by atoms with van der Waals surface area (Å²) in [6, 6.07) is 1.28. The molecule has 17 heavy (non-hydrogen) atoms. The number of carbonyl (C=O) groups is 1. The first-order chi connectivity index (χ1) is 8.16. The molecule has 8 nitrogen and oxygen atoms in total. The monoisotopic (exact) mass is 239 g/mol. The standard InChI is InChI=1S/C9H13N5O3/c15-9(12-5-2-10-3-6-12)7-13-4-1-8(11-13)14(16)17/h1,4,10H,2-3,5-7H2. The Morgan fingerprint density at radius 1 is 1.53 bits per heavy atom. The lowest BCUT2D eigenvalue weighted by atomic mass is 10.3. The highest BCUT2D eigenvalue weighted by Crippen LogP contribution is 2.05. The van der Waals surface area contributed by atoms with Gasteiger partial charge in [-0.1, -0.05) is 0 Å². The van der Waals surface area contributed by atoms with Crippen LogP contribution >= 0.6 is 0 Å². The molecule has 0 aliphatic carbocycles. The van der Waals surface area contributed by atoms with Crippen LogP contribution in [0.5, 0.6) is 0 Å². The van der Waals surface area contributed by atoms with Crippen LogP contribution in [0.25, 0.3) is 0 Å². The Hall–Kier alpha value is -1.96. The fourth-order valence-corrected chi connectivity index (χ4v) is 1.69. The zero-order valence-electron chi connectivity index (χ0n) is 9.20. The lowest BCUT2D eigenvalue weighted by molar-refractivity contribution is -0.389. The van der Waals surface area contributed by atoms with E-state index in [1.165, 1.54) is 16.9 Å². The molecule has 2 rings (SSSR count). The van der Waals surface area contributed by atoms with E-state index >= 15 is 0 Å². The fraction of sp³-hybridized carbons (Fsp3) is 0.556. The lowest BCUT2D eigenvalue weighted by Crippen LogP contribution is -2.47. The summed E-state index contributed by atoms with van der Waals surface area (Å²) >= 11 is 0. The second-order valence-electron chi connectivity index (χ2n) is 3.76. The summed E-state index contributed by atoms with van der Waals surface area (Å²) in [4.78, 5) is 23.4. The second kappa shape index (κ2) is 4.91. The maximum absolute atomic E-state index is 11.8. The number of amides is 1. The second-order valence-corrected chi connectivity index (χ2v) is 3.76. The molecule has 1 aromatic rings. The Morgan fingerprint density at radius 3 is 2.82 bits per heavy atom. The molecular formula is C9H13N5O3. The number of hydrogen-bond acceptors (Lipinski definition) is 5. The molecule has 0 spiro atoms. The zero-order valence-corrected chi connectivity index (χ0v) is 9.20. The van der Waals surface area contributed by atoms with Crippen molar-refractivity contribution in [2.75, 3.05) is 26.2 Å². The van der Waals surface area contributed by atoms with E-state index in [0.717, 1.165) is 13.1 Å². The summed E-state index contributed by atoms with van der Waals surface area (Å²) < 4.78 is 1.29. The summed E-state index contributed by atoms with van der Waals surface area (Å²) in [5.74, 6) is -0.303. The van der Waals surface area contributed by atoms with Crippen LogP contribution in [0.1, 0.15) is 0 Å². The molecular weight excluding hydrogens is 226 g/mol. The van der Waals surface area contributed by atoms with Gasteiger partial charge in [0.2, 0.25) is 5.91 Å². The van der Waals surface area contributed by atoms with Crippen molar-refractivity contribution < 1.29 is 9.72 Å². The van der Waals surface area contributed by atoms with Crippen molar-refractivity contribution in [2.24, 2.45) is 0 Å². The predicted octanol–water partition coefficient (Wildman–Crippen LogP) is -0.777. The smallest absolute Gasteiger partial charge is 0.358 e. The first kappa shape index (κ1) is 11.5. The van der Waals surface area contributed by atoms with Gasteiger partial charge in [-0.3, -0.25) is 4.79 Å². The van der Waals surface area contributed by atoms with Gasteiger partial charge >= 0.3 is 5.82 Å². The van der Waals surface area contributed by atoms with Crippen molar-refractivity contribution in [3.05, 3.63) is 22.4 Å². The summed E-state index contributed by atoms with van der Waals surface area (Å²) in [6.45, 7) is 2.95. The van der Waals surface area contributed by atoms with E-state index in [4.69, 9.17) is 0 Å². The van der Waals surface area contributed by atoms with Gasteiger partial charge in [0.25, 0.3) is 0 Å². The van der Waals surface area contributed by atoms with E-state index < -0.39 is 4.92 Å². The van der Waals surface area contributed by atoms with Gasteiger partial charge in [0.05, 0.1) is 17.4 Å². The molecule has 1 amide bonds. The van der Waals surface area contributed by atoms with Gasteiger partial charge in [-0.25, -0.2) is 0 Å². The molecule has 1 aliphatic rings. The number of aromatic nitrogens is 2. The van der Waals surface area contributed by atoms with Crippen LogP contribution in [0.15, 0.2) is 12.3 Å². The maximum atomic E-state index is 11.8. The Balaban J connectivity index is 1.94. The summed E-state index contributed by atoms with van der Waals surface area (Å²) in [6.07, 6.45) is 1.44. The van der Waals surface area contributed by atoms with E-state index in [1.807, 2.05) is 0 Å². The molecule has 0 bridgehead atoms. The van der Waals surface area contributed by atoms with Crippen molar-refractivity contribution in [1.29, 1.82) is 0 Å². The van der Waals surface area contributed by atoms with Crippen molar-refractivity contribution in [2.45, 2.75) is 6.54 Å². The topological polar surface area (TPSA) is 93.3 Å². The van der Waals surface area contributed by atoms with Crippen molar-refractivity contribution in [3.8, 4) is 0 Å². The fourth-order valence-electron chi connectivity index (χ4n) is 1.69. The molecule has 1 N–H and O–H groups in total. The Kier molecular flexibility index (Phi) is 3.33. The Bertz CT molecular complexity index is 424. The zero-order chi connectivity index (χ0) is 12.3. The molecule has 8 heteroatoms. The van der Waals surface area contributed by atoms with Crippen LogP contribution in [-0.2, 0) is 11.3 Å². The summed E-state index contributed by atoms with van der Waals surface area (Å²) in [5, 5.41) is 17.3. The number of nitro groups is 1. The average molecular weight is 239 g/mol. The number of piperazine rings is 1. The summed E-state index contributed by atoms with van der Waals surface area (Å²) in [5.41, 5.74) is 0. The van der Waals surface area contributed by atoms with E-state index in [2.05, 4.69) is 10.4 Å². The molecule has 0 atom stereocenters. The van der Waals surface area contributed by atoms with Crippen molar-refractivity contribution in [3.63, 3.8) is 0 Å². The average Bonchev–Trinajstić information content (AvgIpc) is 2.79. The third kappa shape index (κ3) is 2.78. The first-order valence-electron chi connectivity index (χ1n) is 5.33. The molecule has 1 fully saturated rings. The third-order valence-corrected chi connectivity index (χ3v) is 2.58. The highest BCUT2D eigenvalue weighted by atomic mass is 16.6. The molecule has 1 aromatic heterocycles. The highest BCUT2D eigenvalue weighted by Gasteiger charge is 2.19. The van der Waals surface area contributed by atoms with E-state index in [1.54, 1.807) is 4.90 Å². The molecule has 0 saturated carbocycles. The minimum absolute atomic E-state index is 0.0494. The highest BCUT2D eigenvalue weighted by molar-refractivity contribution is 5.76. The van der Waals surface area contributed by atoms with Gasteiger partial charge in [0.15, 0.2) is 0 Å². The SMILES string of the molecule is O=C(Cn1ccc([N+](=O)[O-])n1)N1CCNCC1. The van der Waals surface area contributed by atoms with E-state index in [-0.39, 0.29) is 18.3 Å². The number of rotatable bonds is 3. The molecule has 1 aliphatic heterocycles. The third-order valence-electron chi connectivity index (χ3n) is 2.58. The maximum Gasteiger partial charge on any atom is 0.389 e. The number of nitrogens with one attached hydrogen (secondary N) is 1. The van der Waals surface area contributed by atoms with E-state index in [0.29, 0.717) is 13.1 Å². The molecule has 2 heterocycles. The molecule has 92 valence electrons.